The maximum Gasteiger partial charge on any atom is 0.227 e. The van der Waals surface area contributed by atoms with Crippen molar-refractivity contribution in [2.24, 2.45) is 5.92 Å². The summed E-state index contributed by atoms with van der Waals surface area (Å²) in [6.07, 6.45) is 2.63. The van der Waals surface area contributed by atoms with Crippen LogP contribution < -0.4 is 10.1 Å². The van der Waals surface area contributed by atoms with E-state index in [0.717, 1.165) is 12.0 Å². The van der Waals surface area contributed by atoms with Gasteiger partial charge >= 0.3 is 0 Å². The number of benzene rings is 1. The maximum atomic E-state index is 12.5. The van der Waals surface area contributed by atoms with Crippen molar-refractivity contribution in [2.45, 2.75) is 39.5 Å². The van der Waals surface area contributed by atoms with Crippen molar-refractivity contribution in [1.82, 2.24) is 4.31 Å². The van der Waals surface area contributed by atoms with Gasteiger partial charge in [-0.1, -0.05) is 19.4 Å². The molecule has 1 aromatic rings. The topological polar surface area (TPSA) is 75.7 Å². The van der Waals surface area contributed by atoms with Gasteiger partial charge in [0, 0.05) is 19.0 Å². The number of aryl methyl sites for hydroxylation is 1. The van der Waals surface area contributed by atoms with Crippen LogP contribution in [-0.4, -0.2) is 44.6 Å². The molecule has 0 atom stereocenters. The monoisotopic (exact) mass is 368 g/mol. The number of amides is 1. The summed E-state index contributed by atoms with van der Waals surface area (Å²) in [4.78, 5) is 12.5. The van der Waals surface area contributed by atoms with Gasteiger partial charge in [-0.3, -0.25) is 4.79 Å². The molecule has 0 spiro atoms. The number of hydrogen-bond donors (Lipinski definition) is 1. The van der Waals surface area contributed by atoms with Crippen molar-refractivity contribution in [3.8, 4) is 5.75 Å². The molecule has 140 valence electrons. The summed E-state index contributed by atoms with van der Waals surface area (Å²) in [6.45, 7) is 4.75. The molecule has 1 N–H and O–H groups in total. The molecule has 1 aliphatic heterocycles. The van der Waals surface area contributed by atoms with Crippen LogP contribution in [0.5, 0.6) is 5.75 Å². The maximum absolute atomic E-state index is 12.5. The Balaban J connectivity index is 1.95. The summed E-state index contributed by atoms with van der Waals surface area (Å²) in [5.41, 5.74) is 1.69. The van der Waals surface area contributed by atoms with Gasteiger partial charge in [-0.05, 0) is 43.9 Å². The average Bonchev–Trinajstić information content (AvgIpc) is 2.60. The Hall–Kier alpha value is -1.60. The van der Waals surface area contributed by atoms with Gasteiger partial charge in [-0.2, -0.15) is 0 Å². The van der Waals surface area contributed by atoms with Crippen molar-refractivity contribution in [1.29, 1.82) is 0 Å². The number of nitrogens with zero attached hydrogens (tertiary/aromatic N) is 1. The third-order valence-corrected chi connectivity index (χ3v) is 6.54. The predicted molar refractivity (Wildman–Crippen MR) is 99.4 cm³/mol. The van der Waals surface area contributed by atoms with Crippen molar-refractivity contribution in [3.63, 3.8) is 0 Å². The number of ether oxygens (including phenoxy) is 1. The van der Waals surface area contributed by atoms with E-state index in [1.54, 1.807) is 7.11 Å². The van der Waals surface area contributed by atoms with E-state index in [9.17, 15) is 13.2 Å². The van der Waals surface area contributed by atoms with Gasteiger partial charge < -0.3 is 10.1 Å². The number of unbranched alkanes of at least 4 members (excludes halogenated alkanes) is 1. The lowest BCUT2D eigenvalue weighted by atomic mass is 9.97. The van der Waals surface area contributed by atoms with Crippen LogP contribution in [0.1, 0.15) is 38.2 Å². The van der Waals surface area contributed by atoms with Crippen molar-refractivity contribution < 1.29 is 17.9 Å². The highest BCUT2D eigenvalue weighted by Gasteiger charge is 2.31. The molecule has 7 heteroatoms. The fourth-order valence-electron chi connectivity index (χ4n) is 3.01. The fourth-order valence-corrected chi connectivity index (χ4v) is 4.69. The second-order valence-corrected chi connectivity index (χ2v) is 8.62. The van der Waals surface area contributed by atoms with Gasteiger partial charge in [0.15, 0.2) is 0 Å². The minimum atomic E-state index is -3.19. The molecule has 1 amide bonds. The Bertz CT molecular complexity index is 695. The highest BCUT2D eigenvalue weighted by molar-refractivity contribution is 7.89. The van der Waals surface area contributed by atoms with Crippen LogP contribution in [0.4, 0.5) is 5.69 Å². The van der Waals surface area contributed by atoms with Crippen molar-refractivity contribution >= 4 is 21.6 Å². The molecule has 6 nitrogen and oxygen atoms in total. The number of sulfonamides is 1. The fraction of sp³-hybridized carbons (Fsp3) is 0.611. The van der Waals surface area contributed by atoms with E-state index in [-0.39, 0.29) is 17.6 Å². The van der Waals surface area contributed by atoms with E-state index in [2.05, 4.69) is 5.32 Å². The SMILES string of the molecule is CCCCS(=O)(=O)N1CCC(C(=O)Nc2cc(C)ccc2OC)CC1. The Kier molecular flexibility index (Phi) is 6.84. The zero-order valence-corrected chi connectivity index (χ0v) is 16.1. The minimum Gasteiger partial charge on any atom is -0.495 e. The zero-order valence-electron chi connectivity index (χ0n) is 15.2. The summed E-state index contributed by atoms with van der Waals surface area (Å²) in [6, 6.07) is 5.63. The van der Waals surface area contributed by atoms with Crippen molar-refractivity contribution in [2.75, 3.05) is 31.3 Å². The number of hydrogen-bond acceptors (Lipinski definition) is 4. The first-order valence-corrected chi connectivity index (χ1v) is 10.4. The molecule has 0 unspecified atom stereocenters. The third kappa shape index (κ3) is 5.19. The Morgan fingerprint density at radius 2 is 2.00 bits per heavy atom. The summed E-state index contributed by atoms with van der Waals surface area (Å²) in [7, 11) is -1.62. The lowest BCUT2D eigenvalue weighted by Crippen LogP contribution is -2.42. The number of carbonyl (C=O) groups is 1. The van der Waals surface area contributed by atoms with E-state index >= 15 is 0 Å². The number of rotatable bonds is 7. The largest absolute Gasteiger partial charge is 0.495 e. The quantitative estimate of drug-likeness (QED) is 0.803. The van der Waals surface area contributed by atoms with Crippen LogP contribution in [0.2, 0.25) is 0 Å². The highest BCUT2D eigenvalue weighted by Crippen LogP contribution is 2.27. The van der Waals surface area contributed by atoms with E-state index in [1.165, 1.54) is 4.31 Å². The number of anilines is 1. The number of nitrogens with one attached hydrogen (secondary N) is 1. The Morgan fingerprint density at radius 3 is 2.60 bits per heavy atom. The summed E-state index contributed by atoms with van der Waals surface area (Å²) in [5.74, 6) is 0.566. The van der Waals surface area contributed by atoms with Gasteiger partial charge in [0.1, 0.15) is 5.75 Å². The number of carbonyl (C=O) groups excluding carboxylic acids is 1. The molecule has 0 saturated carbocycles. The lowest BCUT2D eigenvalue weighted by Gasteiger charge is -2.30. The van der Waals surface area contributed by atoms with E-state index in [4.69, 9.17) is 4.74 Å². The van der Waals surface area contributed by atoms with E-state index < -0.39 is 10.0 Å². The normalized spacial score (nSPS) is 16.6. The molecular weight excluding hydrogens is 340 g/mol. The van der Waals surface area contributed by atoms with Gasteiger partial charge in [-0.25, -0.2) is 12.7 Å². The molecule has 25 heavy (non-hydrogen) atoms. The predicted octanol–water partition coefficient (Wildman–Crippen LogP) is 2.78. The highest BCUT2D eigenvalue weighted by atomic mass is 32.2. The molecule has 1 saturated heterocycles. The first-order valence-electron chi connectivity index (χ1n) is 8.80. The first kappa shape index (κ1) is 19.7. The Labute approximate surface area is 150 Å². The van der Waals surface area contributed by atoms with E-state index in [0.29, 0.717) is 43.8 Å². The molecule has 0 aliphatic carbocycles. The zero-order chi connectivity index (χ0) is 18.4. The Morgan fingerprint density at radius 1 is 1.32 bits per heavy atom. The van der Waals surface area contributed by atoms with Gasteiger partial charge in [-0.15, -0.1) is 0 Å². The summed E-state index contributed by atoms with van der Waals surface area (Å²) in [5, 5.41) is 2.93. The molecule has 1 fully saturated rings. The standard InChI is InChI=1S/C18H28N2O4S/c1-4-5-12-25(22,23)20-10-8-15(9-11-20)18(21)19-16-13-14(2)6-7-17(16)24-3/h6-7,13,15H,4-5,8-12H2,1-3H3,(H,19,21). The summed E-state index contributed by atoms with van der Waals surface area (Å²) >= 11 is 0. The number of piperidine rings is 1. The van der Waals surface area contributed by atoms with Crippen LogP contribution in [0.25, 0.3) is 0 Å². The molecule has 0 bridgehead atoms. The van der Waals surface area contributed by atoms with Crippen LogP contribution in [-0.2, 0) is 14.8 Å². The second-order valence-electron chi connectivity index (χ2n) is 6.54. The molecule has 1 aliphatic rings. The van der Waals surface area contributed by atoms with E-state index in [1.807, 2.05) is 32.0 Å². The minimum absolute atomic E-state index is 0.0745. The van der Waals surface area contributed by atoms with Crippen LogP contribution in [0.3, 0.4) is 0 Å². The van der Waals surface area contributed by atoms with Crippen LogP contribution in [0.15, 0.2) is 18.2 Å². The van der Waals surface area contributed by atoms with Gasteiger partial charge in [0.05, 0.1) is 18.6 Å². The van der Waals surface area contributed by atoms with Gasteiger partial charge in [0.2, 0.25) is 15.9 Å². The average molecular weight is 368 g/mol. The molecule has 1 aromatic carbocycles. The van der Waals surface area contributed by atoms with Crippen LogP contribution in [0, 0.1) is 12.8 Å². The van der Waals surface area contributed by atoms with Crippen molar-refractivity contribution in [3.05, 3.63) is 23.8 Å². The van der Waals surface area contributed by atoms with Crippen LogP contribution >= 0.6 is 0 Å². The molecule has 2 rings (SSSR count). The second kappa shape index (κ2) is 8.67. The smallest absolute Gasteiger partial charge is 0.227 e. The summed E-state index contributed by atoms with van der Waals surface area (Å²) < 4.78 is 31.3. The number of methoxy groups -OCH3 is 1. The lowest BCUT2D eigenvalue weighted by molar-refractivity contribution is -0.120. The first-order chi connectivity index (χ1) is 11.9. The molecule has 0 aromatic heterocycles. The van der Waals surface area contributed by atoms with Gasteiger partial charge in [0.25, 0.3) is 0 Å². The third-order valence-electron chi connectivity index (χ3n) is 4.59. The molecule has 1 heterocycles. The molecular formula is C18H28N2O4S. The molecule has 0 radical (unpaired) electrons.